The van der Waals surface area contributed by atoms with Gasteiger partial charge in [-0.25, -0.2) is 9.37 Å². The van der Waals surface area contributed by atoms with E-state index in [2.05, 4.69) is 31.2 Å². The first-order chi connectivity index (χ1) is 11.1. The van der Waals surface area contributed by atoms with Gasteiger partial charge in [-0.3, -0.25) is 4.79 Å². The van der Waals surface area contributed by atoms with Gasteiger partial charge >= 0.3 is 0 Å². The number of hydrogen-bond donors (Lipinski definition) is 2. The number of aromatic nitrogens is 2. The molecule has 3 aromatic rings. The number of imidazole rings is 1. The second kappa shape index (κ2) is 6.91. The van der Waals surface area contributed by atoms with Crippen molar-refractivity contribution in [1.29, 1.82) is 0 Å². The molecule has 0 radical (unpaired) electrons. The molecule has 0 aliphatic carbocycles. The van der Waals surface area contributed by atoms with Gasteiger partial charge in [0, 0.05) is 13.0 Å². The Morgan fingerprint density at radius 2 is 2.04 bits per heavy atom. The summed E-state index contributed by atoms with van der Waals surface area (Å²) in [7, 11) is 0. The standard InChI is InChI=1S/C17H15BrFN3O/c18-12-5-3-4-11(17(12)19)10-16(23)20-9-8-15-21-13-6-1-2-7-14(13)22-15/h1-7H,8-10H2,(H,20,23)(H,21,22). The van der Waals surface area contributed by atoms with Crippen LogP contribution in [0.1, 0.15) is 11.4 Å². The molecule has 118 valence electrons. The Balaban J connectivity index is 1.54. The molecule has 0 saturated carbocycles. The van der Waals surface area contributed by atoms with Crippen LogP contribution in [0.4, 0.5) is 4.39 Å². The van der Waals surface area contributed by atoms with E-state index in [0.29, 0.717) is 23.0 Å². The second-order valence-corrected chi connectivity index (χ2v) is 6.04. The highest BCUT2D eigenvalue weighted by Gasteiger charge is 2.10. The van der Waals surface area contributed by atoms with E-state index in [1.165, 1.54) is 0 Å². The lowest BCUT2D eigenvalue weighted by atomic mass is 10.1. The monoisotopic (exact) mass is 375 g/mol. The zero-order chi connectivity index (χ0) is 16.2. The van der Waals surface area contributed by atoms with Crippen molar-refractivity contribution in [2.45, 2.75) is 12.8 Å². The number of H-pyrrole nitrogens is 1. The van der Waals surface area contributed by atoms with E-state index in [-0.39, 0.29) is 18.1 Å². The molecule has 1 amide bonds. The molecule has 0 bridgehead atoms. The molecule has 0 fully saturated rings. The molecule has 1 heterocycles. The SMILES string of the molecule is O=C(Cc1cccc(Br)c1F)NCCc1nc2ccccc2[nH]1. The molecule has 0 unspecified atom stereocenters. The molecule has 3 rings (SSSR count). The lowest BCUT2D eigenvalue weighted by Gasteiger charge is -2.06. The first-order valence-corrected chi connectivity index (χ1v) is 8.06. The van der Waals surface area contributed by atoms with Gasteiger partial charge in [-0.2, -0.15) is 0 Å². The summed E-state index contributed by atoms with van der Waals surface area (Å²) >= 11 is 3.12. The Hall–Kier alpha value is -2.21. The Morgan fingerprint density at radius 3 is 2.87 bits per heavy atom. The number of halogens is 2. The third kappa shape index (κ3) is 3.76. The highest BCUT2D eigenvalue weighted by Crippen LogP contribution is 2.18. The number of nitrogens with one attached hydrogen (secondary N) is 2. The van der Waals surface area contributed by atoms with Gasteiger partial charge in [0.15, 0.2) is 0 Å². The fourth-order valence-electron chi connectivity index (χ4n) is 2.36. The van der Waals surface area contributed by atoms with Gasteiger partial charge < -0.3 is 10.3 Å². The third-order valence-electron chi connectivity index (χ3n) is 3.50. The summed E-state index contributed by atoms with van der Waals surface area (Å²) in [6, 6.07) is 12.7. The zero-order valence-electron chi connectivity index (χ0n) is 12.3. The second-order valence-electron chi connectivity index (χ2n) is 5.19. The van der Waals surface area contributed by atoms with Crippen LogP contribution in [0, 0.1) is 5.82 Å². The summed E-state index contributed by atoms with van der Waals surface area (Å²) in [6.45, 7) is 0.453. The van der Waals surface area contributed by atoms with Crippen molar-refractivity contribution in [3.8, 4) is 0 Å². The number of para-hydroxylation sites is 2. The van der Waals surface area contributed by atoms with Crippen molar-refractivity contribution in [3.05, 3.63) is 64.1 Å². The van der Waals surface area contributed by atoms with Crippen LogP contribution in [0.3, 0.4) is 0 Å². The normalized spacial score (nSPS) is 10.9. The Morgan fingerprint density at radius 1 is 1.22 bits per heavy atom. The van der Waals surface area contributed by atoms with Crippen LogP contribution in [-0.2, 0) is 17.6 Å². The predicted octanol–water partition coefficient (Wildman–Crippen LogP) is 3.37. The maximum atomic E-state index is 13.8. The highest BCUT2D eigenvalue weighted by atomic mass is 79.9. The maximum absolute atomic E-state index is 13.8. The van der Waals surface area contributed by atoms with Crippen LogP contribution < -0.4 is 5.32 Å². The lowest BCUT2D eigenvalue weighted by Crippen LogP contribution is -2.27. The number of rotatable bonds is 5. The van der Waals surface area contributed by atoms with Crippen LogP contribution in [0.2, 0.25) is 0 Å². The highest BCUT2D eigenvalue weighted by molar-refractivity contribution is 9.10. The minimum atomic E-state index is -0.389. The molecule has 1 aromatic heterocycles. The minimum Gasteiger partial charge on any atom is -0.355 e. The molecule has 0 saturated heterocycles. The van der Waals surface area contributed by atoms with Crippen LogP contribution in [0.5, 0.6) is 0 Å². The van der Waals surface area contributed by atoms with Gasteiger partial charge in [0.1, 0.15) is 11.6 Å². The van der Waals surface area contributed by atoms with E-state index >= 15 is 0 Å². The fraction of sp³-hybridized carbons (Fsp3) is 0.176. The number of carbonyl (C=O) groups excluding carboxylic acids is 1. The summed E-state index contributed by atoms with van der Waals surface area (Å²) in [4.78, 5) is 19.6. The van der Waals surface area contributed by atoms with Crippen molar-refractivity contribution in [1.82, 2.24) is 15.3 Å². The lowest BCUT2D eigenvalue weighted by molar-refractivity contribution is -0.120. The first kappa shape index (κ1) is 15.7. The van der Waals surface area contributed by atoms with Crippen LogP contribution >= 0.6 is 15.9 Å². The Kier molecular flexibility index (Phi) is 4.71. The van der Waals surface area contributed by atoms with Crippen molar-refractivity contribution in [3.63, 3.8) is 0 Å². The largest absolute Gasteiger partial charge is 0.355 e. The number of hydrogen-bond acceptors (Lipinski definition) is 2. The van der Waals surface area contributed by atoms with Crippen LogP contribution in [-0.4, -0.2) is 22.4 Å². The summed E-state index contributed by atoms with van der Waals surface area (Å²) in [5.74, 6) is 0.221. The smallest absolute Gasteiger partial charge is 0.224 e. The van der Waals surface area contributed by atoms with Crippen molar-refractivity contribution < 1.29 is 9.18 Å². The molecule has 0 atom stereocenters. The van der Waals surface area contributed by atoms with E-state index in [9.17, 15) is 9.18 Å². The average Bonchev–Trinajstić information content (AvgIpc) is 2.94. The molecule has 4 nitrogen and oxygen atoms in total. The topological polar surface area (TPSA) is 57.8 Å². The number of benzene rings is 2. The average molecular weight is 376 g/mol. The van der Waals surface area contributed by atoms with E-state index < -0.39 is 0 Å². The van der Waals surface area contributed by atoms with Gasteiger partial charge in [0.05, 0.1) is 21.9 Å². The van der Waals surface area contributed by atoms with Gasteiger partial charge in [-0.05, 0) is 39.7 Å². The number of nitrogens with zero attached hydrogens (tertiary/aromatic N) is 1. The molecular formula is C17H15BrFN3O. The molecule has 0 spiro atoms. The molecule has 6 heteroatoms. The minimum absolute atomic E-state index is 0.0192. The number of fused-ring (bicyclic) bond motifs is 1. The van der Waals surface area contributed by atoms with Gasteiger partial charge in [0.25, 0.3) is 0 Å². The van der Waals surface area contributed by atoms with Crippen molar-refractivity contribution in [2.75, 3.05) is 6.54 Å². The summed E-state index contributed by atoms with van der Waals surface area (Å²) in [6.07, 6.45) is 0.618. The van der Waals surface area contributed by atoms with E-state index in [0.717, 1.165) is 16.9 Å². The van der Waals surface area contributed by atoms with Crippen molar-refractivity contribution >= 4 is 32.9 Å². The molecule has 23 heavy (non-hydrogen) atoms. The predicted molar refractivity (Wildman–Crippen MR) is 90.6 cm³/mol. The molecule has 2 aromatic carbocycles. The van der Waals surface area contributed by atoms with Crippen molar-refractivity contribution in [2.24, 2.45) is 0 Å². The third-order valence-corrected chi connectivity index (χ3v) is 4.12. The number of aromatic amines is 1. The zero-order valence-corrected chi connectivity index (χ0v) is 13.9. The summed E-state index contributed by atoms with van der Waals surface area (Å²) in [5.41, 5.74) is 2.26. The maximum Gasteiger partial charge on any atom is 0.224 e. The fourth-order valence-corrected chi connectivity index (χ4v) is 2.77. The molecule has 0 aliphatic rings. The molecule has 0 aliphatic heterocycles. The molecular weight excluding hydrogens is 361 g/mol. The van der Waals surface area contributed by atoms with Gasteiger partial charge in [0.2, 0.25) is 5.91 Å². The van der Waals surface area contributed by atoms with E-state index in [4.69, 9.17) is 0 Å². The number of amides is 1. The van der Waals surface area contributed by atoms with Gasteiger partial charge in [-0.15, -0.1) is 0 Å². The van der Waals surface area contributed by atoms with E-state index in [1.807, 2.05) is 24.3 Å². The first-order valence-electron chi connectivity index (χ1n) is 7.26. The quantitative estimate of drug-likeness (QED) is 0.718. The molecule has 2 N–H and O–H groups in total. The Bertz CT molecular complexity index is 814. The number of carbonyl (C=O) groups is 1. The summed E-state index contributed by atoms with van der Waals surface area (Å²) < 4.78 is 14.2. The summed E-state index contributed by atoms with van der Waals surface area (Å²) in [5, 5.41) is 2.79. The van der Waals surface area contributed by atoms with Gasteiger partial charge in [-0.1, -0.05) is 24.3 Å². The van der Waals surface area contributed by atoms with Crippen LogP contribution in [0.25, 0.3) is 11.0 Å². The van der Waals surface area contributed by atoms with Crippen LogP contribution in [0.15, 0.2) is 46.9 Å². The Labute approximate surface area is 141 Å². The van der Waals surface area contributed by atoms with E-state index in [1.54, 1.807) is 18.2 Å².